The lowest BCUT2D eigenvalue weighted by Gasteiger charge is -2.34. The first-order valence-corrected chi connectivity index (χ1v) is 8.17. The van der Waals surface area contributed by atoms with Gasteiger partial charge in [0.15, 0.2) is 0 Å². The average Bonchev–Trinajstić information content (AvgIpc) is 2.28. The minimum atomic E-state index is 0.184. The van der Waals surface area contributed by atoms with Crippen LogP contribution in [-0.2, 0) is 0 Å². The molecule has 0 amide bonds. The minimum absolute atomic E-state index is 0.184. The fourth-order valence-electron chi connectivity index (χ4n) is 3.26. The van der Waals surface area contributed by atoms with Gasteiger partial charge >= 0.3 is 0 Å². The fraction of sp³-hybridized carbons (Fsp3) is 1.00. The molecule has 1 heterocycles. The molecule has 0 saturated carbocycles. The summed E-state index contributed by atoms with van der Waals surface area (Å²) in [5, 5.41) is 14.6. The third kappa shape index (κ3) is 7.58. The van der Waals surface area contributed by atoms with Crippen molar-refractivity contribution in [3.05, 3.63) is 0 Å². The summed E-state index contributed by atoms with van der Waals surface area (Å²) in [6.07, 6.45) is 2.29. The van der Waals surface area contributed by atoms with Crippen molar-refractivity contribution >= 4 is 0 Å². The zero-order chi connectivity index (χ0) is 15.2. The molecule has 0 aromatic rings. The minimum Gasteiger partial charge on any atom is -0.313 e. The summed E-state index contributed by atoms with van der Waals surface area (Å²) in [5.41, 5.74) is 0.367. The number of rotatable bonds is 0. The lowest BCUT2D eigenvalue weighted by Crippen LogP contribution is -2.52. The van der Waals surface area contributed by atoms with Gasteiger partial charge in [-0.3, -0.25) is 0 Å². The topological polar surface area (TPSA) is 48.1 Å². The summed E-state index contributed by atoms with van der Waals surface area (Å²) in [4.78, 5) is 0. The molecule has 1 aliphatic rings. The third-order valence-electron chi connectivity index (χ3n) is 4.08. The van der Waals surface area contributed by atoms with Crippen molar-refractivity contribution in [1.29, 1.82) is 0 Å². The van der Waals surface area contributed by atoms with Crippen LogP contribution in [0.25, 0.3) is 0 Å². The molecule has 1 rings (SSSR count). The van der Waals surface area contributed by atoms with Gasteiger partial charge in [-0.05, 0) is 54.4 Å². The molecule has 20 heavy (non-hydrogen) atoms. The Hall–Kier alpha value is -0.160. The third-order valence-corrected chi connectivity index (χ3v) is 4.08. The van der Waals surface area contributed by atoms with Gasteiger partial charge in [0.05, 0.1) is 0 Å². The monoisotopic (exact) mass is 284 g/mol. The first-order chi connectivity index (χ1) is 9.20. The highest BCUT2D eigenvalue weighted by atomic mass is 15.1. The number of hydrogen-bond acceptors (Lipinski definition) is 4. The fourth-order valence-corrected chi connectivity index (χ4v) is 3.26. The second kappa shape index (κ2) is 7.74. The van der Waals surface area contributed by atoms with Crippen molar-refractivity contribution in [3.63, 3.8) is 0 Å². The van der Waals surface area contributed by atoms with Crippen LogP contribution in [-0.4, -0.2) is 49.3 Å². The Morgan fingerprint density at radius 3 is 1.35 bits per heavy atom. The molecule has 4 heteroatoms. The van der Waals surface area contributed by atoms with Crippen LogP contribution in [0, 0.1) is 0 Å². The molecule has 0 aromatic carbocycles. The Morgan fingerprint density at radius 1 is 0.650 bits per heavy atom. The summed E-state index contributed by atoms with van der Waals surface area (Å²) < 4.78 is 0. The van der Waals surface area contributed by atoms with Crippen LogP contribution >= 0.6 is 0 Å². The van der Waals surface area contributed by atoms with Gasteiger partial charge in [-0.1, -0.05) is 0 Å². The molecule has 0 radical (unpaired) electrons. The van der Waals surface area contributed by atoms with Gasteiger partial charge in [-0.25, -0.2) is 0 Å². The molecule has 0 aromatic heterocycles. The van der Waals surface area contributed by atoms with Gasteiger partial charge in [-0.15, -0.1) is 0 Å². The molecule has 0 unspecified atom stereocenters. The second-order valence-corrected chi connectivity index (χ2v) is 7.74. The van der Waals surface area contributed by atoms with Crippen molar-refractivity contribution in [1.82, 2.24) is 21.3 Å². The van der Waals surface area contributed by atoms with Crippen molar-refractivity contribution < 1.29 is 0 Å². The van der Waals surface area contributed by atoms with E-state index in [1.165, 1.54) is 0 Å². The van der Waals surface area contributed by atoms with E-state index < -0.39 is 0 Å². The van der Waals surface area contributed by atoms with E-state index in [1.54, 1.807) is 0 Å². The van der Waals surface area contributed by atoms with E-state index >= 15 is 0 Å². The highest BCUT2D eigenvalue weighted by Gasteiger charge is 2.23. The Labute approximate surface area is 125 Å². The summed E-state index contributed by atoms with van der Waals surface area (Å²) in [6, 6.07) is 1.09. The normalized spacial score (nSPS) is 33.3. The Kier molecular flexibility index (Phi) is 6.92. The van der Waals surface area contributed by atoms with Gasteiger partial charge in [0.25, 0.3) is 0 Å². The van der Waals surface area contributed by atoms with Crippen LogP contribution < -0.4 is 21.3 Å². The smallest absolute Gasteiger partial charge is 0.0140 e. The predicted octanol–water partition coefficient (Wildman–Crippen LogP) is 1.47. The van der Waals surface area contributed by atoms with Crippen LogP contribution in [0.2, 0.25) is 0 Å². The Bertz CT molecular complexity index is 248. The van der Waals surface area contributed by atoms with E-state index in [-0.39, 0.29) is 11.1 Å². The number of nitrogens with one attached hydrogen (secondary N) is 4. The lowest BCUT2D eigenvalue weighted by molar-refractivity contribution is 0.281. The molecule has 2 atom stereocenters. The van der Waals surface area contributed by atoms with E-state index in [9.17, 15) is 0 Å². The average molecular weight is 284 g/mol. The molecular formula is C16H36N4. The van der Waals surface area contributed by atoms with E-state index in [4.69, 9.17) is 0 Å². The van der Waals surface area contributed by atoms with Gasteiger partial charge in [0, 0.05) is 49.3 Å². The van der Waals surface area contributed by atoms with Crippen LogP contribution in [0.4, 0.5) is 0 Å². The van der Waals surface area contributed by atoms with Gasteiger partial charge in [0.2, 0.25) is 0 Å². The van der Waals surface area contributed by atoms with E-state index in [2.05, 4.69) is 62.8 Å². The van der Waals surface area contributed by atoms with Crippen LogP contribution in [0.5, 0.6) is 0 Å². The Morgan fingerprint density at radius 2 is 1.00 bits per heavy atom. The SMILES string of the molecule is C[C@H]1CC(C)(C)NCCNC(C)(C)C[C@H](C)NCCN1. The lowest BCUT2D eigenvalue weighted by atomic mass is 9.94. The van der Waals surface area contributed by atoms with Crippen LogP contribution in [0.3, 0.4) is 0 Å². The predicted molar refractivity (Wildman–Crippen MR) is 88.3 cm³/mol. The summed E-state index contributed by atoms with van der Waals surface area (Å²) >= 11 is 0. The molecular weight excluding hydrogens is 248 g/mol. The largest absolute Gasteiger partial charge is 0.313 e. The second-order valence-electron chi connectivity index (χ2n) is 7.74. The maximum Gasteiger partial charge on any atom is 0.0140 e. The van der Waals surface area contributed by atoms with Crippen LogP contribution in [0.15, 0.2) is 0 Å². The maximum absolute atomic E-state index is 3.67. The van der Waals surface area contributed by atoms with E-state index in [1.807, 2.05) is 0 Å². The first kappa shape index (κ1) is 17.9. The zero-order valence-corrected chi connectivity index (χ0v) is 14.4. The Balaban J connectivity index is 2.56. The quantitative estimate of drug-likeness (QED) is 0.544. The van der Waals surface area contributed by atoms with Crippen molar-refractivity contribution in [3.8, 4) is 0 Å². The molecule has 0 bridgehead atoms. The molecule has 1 saturated heterocycles. The molecule has 0 aliphatic carbocycles. The summed E-state index contributed by atoms with van der Waals surface area (Å²) in [6.45, 7) is 17.8. The van der Waals surface area contributed by atoms with E-state index in [0.29, 0.717) is 12.1 Å². The molecule has 1 fully saturated rings. The first-order valence-electron chi connectivity index (χ1n) is 8.17. The van der Waals surface area contributed by atoms with Crippen molar-refractivity contribution in [2.75, 3.05) is 26.2 Å². The molecule has 1 aliphatic heterocycles. The highest BCUT2D eigenvalue weighted by Crippen LogP contribution is 2.13. The van der Waals surface area contributed by atoms with Gasteiger partial charge < -0.3 is 21.3 Å². The van der Waals surface area contributed by atoms with E-state index in [0.717, 1.165) is 39.0 Å². The molecule has 120 valence electrons. The molecule has 4 N–H and O–H groups in total. The molecule has 0 spiro atoms. The maximum atomic E-state index is 3.67. The molecule has 4 nitrogen and oxygen atoms in total. The standard InChI is InChI=1S/C16H36N4/c1-13-11-15(3,4)19-9-10-20-16(5,6)12-14(2)18-8-7-17-13/h13-14,17-20H,7-12H2,1-6H3/t13-,14-/m0/s1. The van der Waals surface area contributed by atoms with Crippen molar-refractivity contribution in [2.45, 2.75) is 77.5 Å². The zero-order valence-electron chi connectivity index (χ0n) is 14.4. The number of hydrogen-bond donors (Lipinski definition) is 4. The summed E-state index contributed by atoms with van der Waals surface area (Å²) in [7, 11) is 0. The van der Waals surface area contributed by atoms with Crippen molar-refractivity contribution in [2.24, 2.45) is 0 Å². The summed E-state index contributed by atoms with van der Waals surface area (Å²) in [5.74, 6) is 0. The highest BCUT2D eigenvalue weighted by molar-refractivity contribution is 4.86. The van der Waals surface area contributed by atoms with Crippen LogP contribution in [0.1, 0.15) is 54.4 Å². The van der Waals surface area contributed by atoms with Gasteiger partial charge in [0.1, 0.15) is 0 Å². The van der Waals surface area contributed by atoms with Gasteiger partial charge in [-0.2, -0.15) is 0 Å².